The summed E-state index contributed by atoms with van der Waals surface area (Å²) < 4.78 is 32.9. The summed E-state index contributed by atoms with van der Waals surface area (Å²) in [4.78, 5) is 14.7. The quantitative estimate of drug-likeness (QED) is 0.614. The SMILES string of the molecule is CC1CCN(S(=O)(=O)c2ccc(OCC(=O)N3CCC(Cc4ccccc4)CC3)cc2)CC1. The fourth-order valence-corrected chi connectivity index (χ4v) is 6.12. The van der Waals surface area contributed by atoms with E-state index in [0.717, 1.165) is 45.2 Å². The maximum absolute atomic E-state index is 12.8. The molecule has 6 nitrogen and oxygen atoms in total. The minimum Gasteiger partial charge on any atom is -0.484 e. The Morgan fingerprint density at radius 1 is 0.909 bits per heavy atom. The third-order valence-corrected chi connectivity index (χ3v) is 8.81. The molecule has 1 amide bonds. The number of likely N-dealkylation sites (tertiary alicyclic amines) is 1. The molecule has 4 rings (SSSR count). The molecule has 2 aromatic rings. The van der Waals surface area contributed by atoms with E-state index in [2.05, 4.69) is 31.2 Å². The van der Waals surface area contributed by atoms with Gasteiger partial charge >= 0.3 is 0 Å². The van der Waals surface area contributed by atoms with Gasteiger partial charge in [-0.25, -0.2) is 8.42 Å². The topological polar surface area (TPSA) is 66.9 Å². The second kappa shape index (κ2) is 10.7. The first kappa shape index (κ1) is 23.8. The van der Waals surface area contributed by atoms with Gasteiger partial charge in [-0.2, -0.15) is 4.31 Å². The number of hydrogen-bond acceptors (Lipinski definition) is 4. The third kappa shape index (κ3) is 6.15. The van der Waals surface area contributed by atoms with Crippen molar-refractivity contribution in [1.29, 1.82) is 0 Å². The van der Waals surface area contributed by atoms with E-state index in [9.17, 15) is 13.2 Å². The van der Waals surface area contributed by atoms with Crippen molar-refractivity contribution >= 4 is 15.9 Å². The number of ether oxygens (including phenoxy) is 1. The second-order valence-electron chi connectivity index (χ2n) is 9.36. The normalized spacial score (nSPS) is 18.9. The maximum Gasteiger partial charge on any atom is 0.260 e. The molecule has 7 heteroatoms. The largest absolute Gasteiger partial charge is 0.484 e. The van der Waals surface area contributed by atoms with Crippen molar-refractivity contribution in [2.24, 2.45) is 11.8 Å². The van der Waals surface area contributed by atoms with Crippen LogP contribution in [0.25, 0.3) is 0 Å². The van der Waals surface area contributed by atoms with Gasteiger partial charge in [0.2, 0.25) is 10.0 Å². The molecular weight excluding hydrogens is 436 g/mol. The number of piperidine rings is 2. The van der Waals surface area contributed by atoms with Gasteiger partial charge in [0, 0.05) is 26.2 Å². The molecule has 2 aliphatic heterocycles. The molecule has 2 heterocycles. The molecule has 2 aliphatic rings. The van der Waals surface area contributed by atoms with E-state index in [1.54, 1.807) is 28.6 Å². The maximum atomic E-state index is 12.8. The zero-order valence-corrected chi connectivity index (χ0v) is 20.2. The molecule has 2 aromatic carbocycles. The van der Waals surface area contributed by atoms with Crippen LogP contribution in [0.3, 0.4) is 0 Å². The Bertz CT molecular complexity index is 1010. The molecule has 0 N–H and O–H groups in total. The van der Waals surface area contributed by atoms with Crippen LogP contribution in [0.5, 0.6) is 5.75 Å². The van der Waals surface area contributed by atoms with Crippen LogP contribution < -0.4 is 4.74 Å². The molecule has 33 heavy (non-hydrogen) atoms. The summed E-state index contributed by atoms with van der Waals surface area (Å²) in [7, 11) is -3.48. The lowest BCUT2D eigenvalue weighted by molar-refractivity contribution is -0.134. The summed E-state index contributed by atoms with van der Waals surface area (Å²) in [6.45, 7) is 4.77. The van der Waals surface area contributed by atoms with Gasteiger partial charge < -0.3 is 9.64 Å². The van der Waals surface area contributed by atoms with Gasteiger partial charge in [-0.1, -0.05) is 37.3 Å². The summed E-state index contributed by atoms with van der Waals surface area (Å²) in [5.41, 5.74) is 1.35. The molecule has 0 unspecified atom stereocenters. The predicted molar refractivity (Wildman–Crippen MR) is 129 cm³/mol. The lowest BCUT2D eigenvalue weighted by Crippen LogP contribution is -2.41. The van der Waals surface area contributed by atoms with Crippen LogP contribution in [-0.4, -0.2) is 56.3 Å². The number of carbonyl (C=O) groups is 1. The van der Waals surface area contributed by atoms with Gasteiger partial charge in [-0.3, -0.25) is 4.79 Å². The molecular formula is C26H34N2O4S. The van der Waals surface area contributed by atoms with Crippen molar-refractivity contribution in [2.75, 3.05) is 32.8 Å². The number of amides is 1. The van der Waals surface area contributed by atoms with Gasteiger partial charge in [0.25, 0.3) is 5.91 Å². The van der Waals surface area contributed by atoms with Crippen LogP contribution in [0, 0.1) is 11.8 Å². The number of hydrogen-bond donors (Lipinski definition) is 0. The van der Waals surface area contributed by atoms with Gasteiger partial charge in [-0.05, 0) is 73.8 Å². The zero-order valence-electron chi connectivity index (χ0n) is 19.4. The number of benzene rings is 2. The minimum atomic E-state index is -3.48. The van der Waals surface area contributed by atoms with Gasteiger partial charge in [0.05, 0.1) is 4.90 Å². The Morgan fingerprint density at radius 2 is 1.55 bits per heavy atom. The highest BCUT2D eigenvalue weighted by Crippen LogP contribution is 2.25. The van der Waals surface area contributed by atoms with Crippen LogP contribution in [0.4, 0.5) is 0 Å². The molecule has 0 bridgehead atoms. The minimum absolute atomic E-state index is 0.0210. The van der Waals surface area contributed by atoms with Crippen molar-refractivity contribution in [3.8, 4) is 5.75 Å². The van der Waals surface area contributed by atoms with Crippen molar-refractivity contribution in [3.63, 3.8) is 0 Å². The summed E-state index contributed by atoms with van der Waals surface area (Å²) in [6, 6.07) is 16.9. The summed E-state index contributed by atoms with van der Waals surface area (Å²) in [5.74, 6) is 1.66. The first-order chi connectivity index (χ1) is 15.9. The fraction of sp³-hybridized carbons (Fsp3) is 0.500. The third-order valence-electron chi connectivity index (χ3n) is 6.90. The van der Waals surface area contributed by atoms with E-state index >= 15 is 0 Å². The Kier molecular flexibility index (Phi) is 7.71. The van der Waals surface area contributed by atoms with E-state index in [4.69, 9.17) is 4.74 Å². The van der Waals surface area contributed by atoms with E-state index in [1.165, 1.54) is 5.56 Å². The van der Waals surface area contributed by atoms with Crippen LogP contribution in [0.15, 0.2) is 59.5 Å². The highest BCUT2D eigenvalue weighted by Gasteiger charge is 2.28. The van der Waals surface area contributed by atoms with Crippen molar-refractivity contribution in [2.45, 2.75) is 43.9 Å². The predicted octanol–water partition coefficient (Wildman–Crippen LogP) is 3.97. The fourth-order valence-electron chi connectivity index (χ4n) is 4.65. The standard InChI is InChI=1S/C26H34N2O4S/c1-21-11-17-28(18-12-21)33(30,31)25-9-7-24(8-10-25)32-20-26(29)27-15-13-23(14-16-27)19-22-5-3-2-4-6-22/h2-10,21,23H,11-20H2,1H3. The summed E-state index contributed by atoms with van der Waals surface area (Å²) >= 11 is 0. The average Bonchev–Trinajstić information content (AvgIpc) is 2.84. The molecule has 0 aliphatic carbocycles. The lowest BCUT2D eigenvalue weighted by Gasteiger charge is -2.32. The van der Waals surface area contributed by atoms with Crippen molar-refractivity contribution in [3.05, 3.63) is 60.2 Å². The highest BCUT2D eigenvalue weighted by atomic mass is 32.2. The van der Waals surface area contributed by atoms with Gasteiger partial charge in [0.15, 0.2) is 6.61 Å². The molecule has 0 aromatic heterocycles. The lowest BCUT2D eigenvalue weighted by atomic mass is 9.90. The molecule has 0 radical (unpaired) electrons. The molecule has 2 saturated heterocycles. The first-order valence-electron chi connectivity index (χ1n) is 12.0. The molecule has 0 atom stereocenters. The smallest absolute Gasteiger partial charge is 0.260 e. The van der Waals surface area contributed by atoms with Crippen LogP contribution >= 0.6 is 0 Å². The Hall–Kier alpha value is -2.38. The van der Waals surface area contributed by atoms with Crippen LogP contribution in [-0.2, 0) is 21.2 Å². The molecule has 2 fully saturated rings. The summed E-state index contributed by atoms with van der Waals surface area (Å²) in [5, 5.41) is 0. The molecule has 0 spiro atoms. The van der Waals surface area contributed by atoms with Crippen molar-refractivity contribution in [1.82, 2.24) is 9.21 Å². The first-order valence-corrected chi connectivity index (χ1v) is 13.4. The number of carbonyl (C=O) groups excluding carboxylic acids is 1. The van der Waals surface area contributed by atoms with E-state index in [1.807, 2.05) is 11.0 Å². The van der Waals surface area contributed by atoms with Crippen LogP contribution in [0.1, 0.15) is 38.2 Å². The Balaban J connectivity index is 1.23. The molecule has 0 saturated carbocycles. The second-order valence-corrected chi connectivity index (χ2v) is 11.3. The molecule has 178 valence electrons. The van der Waals surface area contributed by atoms with E-state index in [-0.39, 0.29) is 17.4 Å². The van der Waals surface area contributed by atoms with E-state index in [0.29, 0.717) is 30.7 Å². The number of nitrogens with zero attached hydrogens (tertiary/aromatic N) is 2. The van der Waals surface area contributed by atoms with E-state index < -0.39 is 10.0 Å². The van der Waals surface area contributed by atoms with Crippen molar-refractivity contribution < 1.29 is 17.9 Å². The monoisotopic (exact) mass is 470 g/mol. The average molecular weight is 471 g/mol. The van der Waals surface area contributed by atoms with Gasteiger partial charge in [0.1, 0.15) is 5.75 Å². The Labute approximate surface area is 197 Å². The Morgan fingerprint density at radius 3 is 2.18 bits per heavy atom. The summed E-state index contributed by atoms with van der Waals surface area (Å²) in [6.07, 6.45) is 4.86. The number of sulfonamides is 1. The van der Waals surface area contributed by atoms with Crippen LogP contribution in [0.2, 0.25) is 0 Å². The zero-order chi connectivity index (χ0) is 23.3. The van der Waals surface area contributed by atoms with Gasteiger partial charge in [-0.15, -0.1) is 0 Å². The number of rotatable bonds is 7. The highest BCUT2D eigenvalue weighted by molar-refractivity contribution is 7.89.